The van der Waals surface area contributed by atoms with Crippen molar-refractivity contribution < 1.29 is 4.65 Å². The maximum atomic E-state index is 5.94. The Morgan fingerprint density at radius 3 is 2.56 bits per heavy atom. The van der Waals surface area contributed by atoms with E-state index in [0.717, 1.165) is 6.42 Å². The van der Waals surface area contributed by atoms with Crippen LogP contribution in [-0.4, -0.2) is 14.0 Å². The number of nitrogens with two attached hydrogens (primary N) is 1. The quantitative estimate of drug-likeness (QED) is 0.774. The van der Waals surface area contributed by atoms with Crippen molar-refractivity contribution in [3.63, 3.8) is 0 Å². The molecule has 1 atom stereocenters. The van der Waals surface area contributed by atoms with E-state index in [4.69, 9.17) is 4.65 Å². The summed E-state index contributed by atoms with van der Waals surface area (Å²) in [5.74, 6) is 0.693. The summed E-state index contributed by atoms with van der Waals surface area (Å²) in [4.78, 5) is 0. The van der Waals surface area contributed by atoms with Gasteiger partial charge >= 0.3 is 6.92 Å². The third-order valence-corrected chi connectivity index (χ3v) is 2.83. The highest BCUT2D eigenvalue weighted by Gasteiger charge is 2.31. The van der Waals surface area contributed by atoms with Crippen LogP contribution in [0.15, 0.2) is 24.3 Å². The van der Waals surface area contributed by atoms with Gasteiger partial charge in [-0.3, -0.25) is 0 Å². The van der Waals surface area contributed by atoms with E-state index in [0.29, 0.717) is 12.0 Å². The second-order valence-electron chi connectivity index (χ2n) is 4.53. The van der Waals surface area contributed by atoms with E-state index < -0.39 is 0 Å². The lowest BCUT2D eigenvalue weighted by Crippen LogP contribution is -2.23. The molecule has 1 unspecified atom stereocenters. The summed E-state index contributed by atoms with van der Waals surface area (Å²) in [6.45, 7) is 6.90. The van der Waals surface area contributed by atoms with Crippen LogP contribution in [0.5, 0.6) is 0 Å². The van der Waals surface area contributed by atoms with Crippen molar-refractivity contribution in [1.29, 1.82) is 0 Å². The highest BCUT2D eigenvalue weighted by molar-refractivity contribution is 6.67. The molecule has 1 aliphatic rings. The van der Waals surface area contributed by atoms with Gasteiger partial charge in [-0.2, -0.15) is 0 Å². The standard InChI is InChI=1S/C12H17BO.CH5N/c1-9(2)8-12-10-6-4-5-7-11(10)13(3)14-12;1-2/h4-7,9,12H,8H2,1-3H3;2H2,1H3. The smallest absolute Gasteiger partial charge is 0.324 e. The molecule has 16 heavy (non-hydrogen) atoms. The summed E-state index contributed by atoms with van der Waals surface area (Å²) < 4.78 is 5.94. The Bertz CT molecular complexity index is 325. The van der Waals surface area contributed by atoms with Gasteiger partial charge in [0.1, 0.15) is 0 Å². The first-order valence-corrected chi connectivity index (χ1v) is 6.00. The van der Waals surface area contributed by atoms with Crippen LogP contribution in [0.2, 0.25) is 6.82 Å². The summed E-state index contributed by atoms with van der Waals surface area (Å²) in [5, 5.41) is 0. The molecule has 0 aliphatic carbocycles. The van der Waals surface area contributed by atoms with Crippen molar-refractivity contribution in [1.82, 2.24) is 0 Å². The predicted octanol–water partition coefficient (Wildman–Crippen LogP) is 2.21. The molecule has 0 fully saturated rings. The van der Waals surface area contributed by atoms with Crippen molar-refractivity contribution in [3.8, 4) is 0 Å². The molecule has 2 rings (SSSR count). The van der Waals surface area contributed by atoms with Crippen LogP contribution < -0.4 is 11.2 Å². The minimum absolute atomic E-state index is 0.273. The van der Waals surface area contributed by atoms with Gasteiger partial charge in [-0.25, -0.2) is 0 Å². The van der Waals surface area contributed by atoms with E-state index >= 15 is 0 Å². The van der Waals surface area contributed by atoms with Gasteiger partial charge in [0.25, 0.3) is 0 Å². The zero-order valence-corrected chi connectivity index (χ0v) is 10.7. The van der Waals surface area contributed by atoms with Crippen LogP contribution in [0.4, 0.5) is 0 Å². The van der Waals surface area contributed by atoms with Gasteiger partial charge in [0.15, 0.2) is 0 Å². The first kappa shape index (κ1) is 13.3. The molecule has 0 saturated carbocycles. The number of hydrogen-bond donors (Lipinski definition) is 1. The molecule has 3 heteroatoms. The largest absolute Gasteiger partial charge is 0.424 e. The monoisotopic (exact) mass is 219 g/mol. The third-order valence-electron chi connectivity index (χ3n) is 2.83. The summed E-state index contributed by atoms with van der Waals surface area (Å²) >= 11 is 0. The molecule has 0 radical (unpaired) electrons. The Morgan fingerprint density at radius 1 is 1.31 bits per heavy atom. The molecule has 0 saturated heterocycles. The molecule has 2 N–H and O–H groups in total. The normalized spacial score (nSPS) is 18.1. The highest BCUT2D eigenvalue weighted by atomic mass is 16.5. The molecule has 0 amide bonds. The number of rotatable bonds is 2. The third kappa shape index (κ3) is 2.86. The molecule has 2 nitrogen and oxygen atoms in total. The molecule has 0 spiro atoms. The summed E-state index contributed by atoms with van der Waals surface area (Å²) in [5.41, 5.74) is 7.27. The number of benzene rings is 1. The van der Waals surface area contributed by atoms with Crippen LogP contribution in [0, 0.1) is 5.92 Å². The van der Waals surface area contributed by atoms with Gasteiger partial charge < -0.3 is 10.4 Å². The lowest BCUT2D eigenvalue weighted by Gasteiger charge is -2.14. The van der Waals surface area contributed by atoms with E-state index in [9.17, 15) is 0 Å². The fourth-order valence-electron chi connectivity index (χ4n) is 2.18. The number of hydrogen-bond acceptors (Lipinski definition) is 2. The van der Waals surface area contributed by atoms with Crippen LogP contribution in [0.25, 0.3) is 0 Å². The Kier molecular flexibility index (Phi) is 5.03. The van der Waals surface area contributed by atoms with Crippen LogP contribution in [0.3, 0.4) is 0 Å². The first-order chi connectivity index (χ1) is 7.68. The van der Waals surface area contributed by atoms with E-state index in [1.165, 1.54) is 18.1 Å². The summed E-state index contributed by atoms with van der Waals surface area (Å²) in [6.07, 6.45) is 1.45. The lowest BCUT2D eigenvalue weighted by atomic mass is 9.64. The molecular formula is C13H22BNO. The van der Waals surface area contributed by atoms with Crippen molar-refractivity contribution in [2.45, 2.75) is 33.2 Å². The van der Waals surface area contributed by atoms with Crippen LogP contribution in [0.1, 0.15) is 31.9 Å². The van der Waals surface area contributed by atoms with Gasteiger partial charge in [-0.15, -0.1) is 0 Å². The average molecular weight is 219 g/mol. The van der Waals surface area contributed by atoms with Gasteiger partial charge in [-0.1, -0.05) is 44.9 Å². The SMILES string of the molecule is CB1OC(CC(C)C)c2ccccc21.CN. The topological polar surface area (TPSA) is 35.2 Å². The maximum Gasteiger partial charge on any atom is 0.324 e. The minimum Gasteiger partial charge on any atom is -0.424 e. The highest BCUT2D eigenvalue weighted by Crippen LogP contribution is 2.29. The lowest BCUT2D eigenvalue weighted by molar-refractivity contribution is 0.194. The fourth-order valence-corrected chi connectivity index (χ4v) is 2.18. The van der Waals surface area contributed by atoms with Crippen molar-refractivity contribution in [2.75, 3.05) is 7.05 Å². The van der Waals surface area contributed by atoms with Gasteiger partial charge in [-0.05, 0) is 30.4 Å². The zero-order valence-electron chi connectivity index (χ0n) is 10.7. The number of fused-ring (bicyclic) bond motifs is 1. The molecular weight excluding hydrogens is 197 g/mol. The van der Waals surface area contributed by atoms with E-state index in [2.05, 4.69) is 50.7 Å². The van der Waals surface area contributed by atoms with E-state index in [1.54, 1.807) is 0 Å². The molecule has 0 bridgehead atoms. The fraction of sp³-hybridized carbons (Fsp3) is 0.538. The molecule has 1 aliphatic heterocycles. The Morgan fingerprint density at radius 2 is 1.94 bits per heavy atom. The zero-order chi connectivity index (χ0) is 12.1. The van der Waals surface area contributed by atoms with Gasteiger partial charge in [0.05, 0.1) is 6.10 Å². The molecule has 1 aromatic rings. The molecule has 1 aromatic carbocycles. The van der Waals surface area contributed by atoms with Gasteiger partial charge in [0.2, 0.25) is 0 Å². The van der Waals surface area contributed by atoms with Gasteiger partial charge in [0, 0.05) is 0 Å². The maximum absolute atomic E-state index is 5.94. The van der Waals surface area contributed by atoms with Crippen molar-refractivity contribution >= 4 is 12.4 Å². The van der Waals surface area contributed by atoms with Crippen LogP contribution in [-0.2, 0) is 4.65 Å². The van der Waals surface area contributed by atoms with E-state index in [-0.39, 0.29) is 6.92 Å². The van der Waals surface area contributed by atoms with E-state index in [1.807, 2.05) is 0 Å². The molecule has 1 heterocycles. The second kappa shape index (κ2) is 6.07. The molecule has 0 aromatic heterocycles. The summed E-state index contributed by atoms with van der Waals surface area (Å²) in [7, 11) is 1.50. The Labute approximate surface area is 99.3 Å². The van der Waals surface area contributed by atoms with Crippen molar-refractivity contribution in [3.05, 3.63) is 29.8 Å². The predicted molar refractivity (Wildman–Crippen MR) is 71.1 cm³/mol. The first-order valence-electron chi connectivity index (χ1n) is 6.00. The Hall–Kier alpha value is -0.795. The minimum atomic E-state index is 0.273. The average Bonchev–Trinajstić information content (AvgIpc) is 2.59. The second-order valence-corrected chi connectivity index (χ2v) is 4.53. The molecule has 88 valence electrons. The van der Waals surface area contributed by atoms with Crippen molar-refractivity contribution in [2.24, 2.45) is 11.7 Å². The summed E-state index contributed by atoms with van der Waals surface area (Å²) in [6, 6.07) is 8.58. The Balaban J connectivity index is 0.000000606. The van der Waals surface area contributed by atoms with Crippen LogP contribution >= 0.6 is 0 Å².